The second kappa shape index (κ2) is 2.17. The molecule has 0 heteroatoms. The first kappa shape index (κ1) is 6.85. The molecule has 0 spiro atoms. The highest BCUT2D eigenvalue weighted by atomic mass is 14.3. The molecule has 0 heterocycles. The quantitative estimate of drug-likeness (QED) is 0.471. The first-order chi connectivity index (χ1) is 4.18. The fourth-order valence-electron chi connectivity index (χ4n) is 1.89. The van der Waals surface area contributed by atoms with Gasteiger partial charge in [0.25, 0.3) is 0 Å². The van der Waals surface area contributed by atoms with E-state index in [2.05, 4.69) is 27.7 Å². The van der Waals surface area contributed by atoms with Gasteiger partial charge in [-0.1, -0.05) is 25.0 Å². The summed E-state index contributed by atoms with van der Waals surface area (Å²) in [6, 6.07) is 0. The molecule has 0 saturated heterocycles. The first-order valence-corrected chi connectivity index (χ1v) is 3.85. The zero-order valence-corrected chi connectivity index (χ0v) is 6.86. The molecule has 2 atom stereocenters. The predicted molar refractivity (Wildman–Crippen MR) is 41.3 cm³/mol. The standard InChI is InChI=1S/C9H16/c1-5-9-7(3)6(2)8(9)4/h7,9H,5H2,1-4H3. The molecule has 0 aromatic heterocycles. The van der Waals surface area contributed by atoms with E-state index in [1.165, 1.54) is 6.42 Å². The summed E-state index contributed by atoms with van der Waals surface area (Å²) < 4.78 is 0. The van der Waals surface area contributed by atoms with E-state index in [4.69, 9.17) is 0 Å². The maximum absolute atomic E-state index is 2.33. The van der Waals surface area contributed by atoms with E-state index in [-0.39, 0.29) is 0 Å². The van der Waals surface area contributed by atoms with Crippen LogP contribution in [0.1, 0.15) is 34.1 Å². The predicted octanol–water partition coefficient (Wildman–Crippen LogP) is 3.00. The lowest BCUT2D eigenvalue weighted by Crippen LogP contribution is -2.25. The molecule has 0 aromatic carbocycles. The van der Waals surface area contributed by atoms with Crippen LogP contribution in [0.5, 0.6) is 0 Å². The average molecular weight is 124 g/mol. The molecule has 0 amide bonds. The lowest BCUT2D eigenvalue weighted by molar-refractivity contribution is 0.382. The van der Waals surface area contributed by atoms with Crippen molar-refractivity contribution in [2.24, 2.45) is 11.8 Å². The third kappa shape index (κ3) is 0.810. The molecular formula is C9H16. The van der Waals surface area contributed by atoms with Gasteiger partial charge in [0.1, 0.15) is 0 Å². The van der Waals surface area contributed by atoms with E-state index in [1.54, 1.807) is 11.1 Å². The van der Waals surface area contributed by atoms with E-state index in [0.717, 1.165) is 11.8 Å². The van der Waals surface area contributed by atoms with Crippen LogP contribution in [0.4, 0.5) is 0 Å². The van der Waals surface area contributed by atoms with Gasteiger partial charge in [-0.2, -0.15) is 0 Å². The molecule has 0 bridgehead atoms. The molecule has 0 nitrogen and oxygen atoms in total. The summed E-state index contributed by atoms with van der Waals surface area (Å²) in [5.74, 6) is 1.78. The van der Waals surface area contributed by atoms with Crippen LogP contribution in [0, 0.1) is 11.8 Å². The Kier molecular flexibility index (Phi) is 1.65. The highest BCUT2D eigenvalue weighted by Gasteiger charge is 2.29. The normalized spacial score (nSPS) is 34.7. The Morgan fingerprint density at radius 3 is 2.00 bits per heavy atom. The van der Waals surface area contributed by atoms with Crippen molar-refractivity contribution in [3.05, 3.63) is 11.1 Å². The van der Waals surface area contributed by atoms with Crippen molar-refractivity contribution in [2.75, 3.05) is 0 Å². The Balaban J connectivity index is 2.67. The summed E-state index contributed by atoms with van der Waals surface area (Å²) in [6.07, 6.45) is 1.32. The topological polar surface area (TPSA) is 0 Å². The molecule has 2 unspecified atom stereocenters. The largest absolute Gasteiger partial charge is 0.0707 e. The molecule has 0 saturated carbocycles. The minimum Gasteiger partial charge on any atom is -0.0707 e. The van der Waals surface area contributed by atoms with Crippen molar-refractivity contribution in [3.63, 3.8) is 0 Å². The van der Waals surface area contributed by atoms with E-state index >= 15 is 0 Å². The van der Waals surface area contributed by atoms with Gasteiger partial charge < -0.3 is 0 Å². The highest BCUT2D eigenvalue weighted by Crippen LogP contribution is 2.41. The van der Waals surface area contributed by atoms with Crippen molar-refractivity contribution in [1.29, 1.82) is 0 Å². The van der Waals surface area contributed by atoms with Crippen molar-refractivity contribution in [1.82, 2.24) is 0 Å². The van der Waals surface area contributed by atoms with Gasteiger partial charge in [-0.3, -0.25) is 0 Å². The van der Waals surface area contributed by atoms with Crippen LogP contribution in [0.25, 0.3) is 0 Å². The van der Waals surface area contributed by atoms with E-state index in [1.807, 2.05) is 0 Å². The van der Waals surface area contributed by atoms with Crippen LogP contribution in [0.2, 0.25) is 0 Å². The molecule has 0 N–H and O–H groups in total. The summed E-state index contributed by atoms with van der Waals surface area (Å²) in [6.45, 7) is 9.13. The zero-order chi connectivity index (χ0) is 7.02. The van der Waals surface area contributed by atoms with Gasteiger partial charge in [-0.15, -0.1) is 0 Å². The van der Waals surface area contributed by atoms with E-state index in [9.17, 15) is 0 Å². The van der Waals surface area contributed by atoms with Crippen LogP contribution >= 0.6 is 0 Å². The van der Waals surface area contributed by atoms with Crippen LogP contribution in [-0.2, 0) is 0 Å². The lowest BCUT2D eigenvalue weighted by atomic mass is 9.69. The third-order valence-electron chi connectivity index (χ3n) is 2.90. The Hall–Kier alpha value is -0.260. The van der Waals surface area contributed by atoms with Crippen LogP contribution < -0.4 is 0 Å². The van der Waals surface area contributed by atoms with E-state index < -0.39 is 0 Å². The Bertz CT molecular complexity index is 142. The molecule has 0 fully saturated rings. The van der Waals surface area contributed by atoms with Gasteiger partial charge in [0.2, 0.25) is 0 Å². The minimum absolute atomic E-state index is 0.870. The minimum atomic E-state index is 0.870. The monoisotopic (exact) mass is 124 g/mol. The van der Waals surface area contributed by atoms with Crippen molar-refractivity contribution < 1.29 is 0 Å². The molecular weight excluding hydrogens is 108 g/mol. The summed E-state index contributed by atoms with van der Waals surface area (Å²) in [5, 5.41) is 0. The van der Waals surface area contributed by atoms with Crippen LogP contribution in [0.15, 0.2) is 11.1 Å². The Labute approximate surface area is 58.0 Å². The maximum atomic E-state index is 2.33. The van der Waals surface area contributed by atoms with Gasteiger partial charge in [0.15, 0.2) is 0 Å². The van der Waals surface area contributed by atoms with Crippen LogP contribution in [-0.4, -0.2) is 0 Å². The van der Waals surface area contributed by atoms with Crippen molar-refractivity contribution >= 4 is 0 Å². The second-order valence-electron chi connectivity index (χ2n) is 3.17. The van der Waals surface area contributed by atoms with E-state index in [0.29, 0.717) is 0 Å². The zero-order valence-electron chi connectivity index (χ0n) is 6.86. The molecule has 0 aliphatic heterocycles. The number of allylic oxidation sites excluding steroid dienone is 2. The fraction of sp³-hybridized carbons (Fsp3) is 0.778. The van der Waals surface area contributed by atoms with Crippen LogP contribution in [0.3, 0.4) is 0 Å². The second-order valence-corrected chi connectivity index (χ2v) is 3.17. The van der Waals surface area contributed by atoms with Gasteiger partial charge in [-0.25, -0.2) is 0 Å². The summed E-state index contributed by atoms with van der Waals surface area (Å²) >= 11 is 0. The number of rotatable bonds is 1. The number of hydrogen-bond acceptors (Lipinski definition) is 0. The van der Waals surface area contributed by atoms with Crippen molar-refractivity contribution in [3.8, 4) is 0 Å². The smallest absolute Gasteiger partial charge is 0.0143 e. The first-order valence-electron chi connectivity index (χ1n) is 3.85. The summed E-state index contributed by atoms with van der Waals surface area (Å²) in [5.41, 5.74) is 3.27. The number of hydrogen-bond donors (Lipinski definition) is 0. The Morgan fingerprint density at radius 1 is 1.22 bits per heavy atom. The van der Waals surface area contributed by atoms with Gasteiger partial charge in [0, 0.05) is 0 Å². The average Bonchev–Trinajstić information content (AvgIpc) is 1.89. The van der Waals surface area contributed by atoms with Gasteiger partial charge >= 0.3 is 0 Å². The molecule has 0 aromatic rings. The molecule has 9 heavy (non-hydrogen) atoms. The fourth-order valence-corrected chi connectivity index (χ4v) is 1.89. The molecule has 1 aliphatic rings. The SMILES string of the molecule is CCC1C(C)=C(C)C1C. The van der Waals surface area contributed by atoms with Crippen molar-refractivity contribution in [2.45, 2.75) is 34.1 Å². The summed E-state index contributed by atoms with van der Waals surface area (Å²) in [7, 11) is 0. The maximum Gasteiger partial charge on any atom is -0.0143 e. The highest BCUT2D eigenvalue weighted by molar-refractivity contribution is 5.27. The lowest BCUT2D eigenvalue weighted by Gasteiger charge is -2.36. The molecule has 1 aliphatic carbocycles. The van der Waals surface area contributed by atoms with Gasteiger partial charge in [-0.05, 0) is 32.1 Å². The third-order valence-corrected chi connectivity index (χ3v) is 2.90. The summed E-state index contributed by atoms with van der Waals surface area (Å²) in [4.78, 5) is 0. The molecule has 52 valence electrons. The Morgan fingerprint density at radius 2 is 1.78 bits per heavy atom. The van der Waals surface area contributed by atoms with Gasteiger partial charge in [0.05, 0.1) is 0 Å². The molecule has 1 rings (SSSR count). The molecule has 0 radical (unpaired) electrons.